The molecule has 0 radical (unpaired) electrons. The number of hydrogen-bond acceptors (Lipinski definition) is 1. The second kappa shape index (κ2) is 5.58. The lowest BCUT2D eigenvalue weighted by Crippen LogP contribution is -2.07. The summed E-state index contributed by atoms with van der Waals surface area (Å²) in [7, 11) is 0. The van der Waals surface area contributed by atoms with E-state index >= 15 is 0 Å². The number of benzene rings is 1. The number of allylic oxidation sites excluding steroid dienone is 1. The minimum Gasteiger partial charge on any atom is -0.382 e. The van der Waals surface area contributed by atoms with Crippen LogP contribution in [0.15, 0.2) is 34.3 Å². The van der Waals surface area contributed by atoms with Gasteiger partial charge in [0.05, 0.1) is 5.56 Å². The van der Waals surface area contributed by atoms with E-state index in [0.29, 0.717) is 12.2 Å². The maximum atomic E-state index is 12.6. The summed E-state index contributed by atoms with van der Waals surface area (Å²) in [5, 5.41) is 2.92. The van der Waals surface area contributed by atoms with E-state index < -0.39 is 11.7 Å². The van der Waals surface area contributed by atoms with Gasteiger partial charge in [-0.3, -0.25) is 0 Å². The van der Waals surface area contributed by atoms with Crippen LogP contribution in [0.5, 0.6) is 0 Å². The first-order valence-corrected chi connectivity index (χ1v) is 5.84. The van der Waals surface area contributed by atoms with Crippen molar-refractivity contribution >= 4 is 21.6 Å². The Morgan fingerprint density at radius 2 is 2.00 bits per heavy atom. The van der Waals surface area contributed by atoms with Crippen LogP contribution in [0.25, 0.3) is 0 Å². The summed E-state index contributed by atoms with van der Waals surface area (Å²) in [6, 6.07) is 4.11. The Kier molecular flexibility index (Phi) is 4.62. The van der Waals surface area contributed by atoms with E-state index in [9.17, 15) is 13.2 Å². The molecular weight excluding hydrogens is 295 g/mol. The average Bonchev–Trinajstić information content (AvgIpc) is 2.18. The molecule has 1 N–H and O–H groups in total. The van der Waals surface area contributed by atoms with Crippen molar-refractivity contribution in [2.45, 2.75) is 20.0 Å². The van der Waals surface area contributed by atoms with Gasteiger partial charge in [0, 0.05) is 16.7 Å². The van der Waals surface area contributed by atoms with Gasteiger partial charge in [0.1, 0.15) is 0 Å². The lowest BCUT2D eigenvalue weighted by atomic mass is 10.2. The van der Waals surface area contributed by atoms with E-state index in [0.717, 1.165) is 11.6 Å². The van der Waals surface area contributed by atoms with E-state index in [-0.39, 0.29) is 4.47 Å². The summed E-state index contributed by atoms with van der Waals surface area (Å²) < 4.78 is 37.9. The molecule has 1 nitrogen and oxygen atoms in total. The van der Waals surface area contributed by atoms with Crippen molar-refractivity contribution < 1.29 is 13.2 Å². The average molecular weight is 308 g/mol. The van der Waals surface area contributed by atoms with Gasteiger partial charge < -0.3 is 5.32 Å². The first kappa shape index (κ1) is 14.1. The molecule has 0 heterocycles. The first-order valence-electron chi connectivity index (χ1n) is 5.04. The molecule has 0 saturated heterocycles. The van der Waals surface area contributed by atoms with E-state index in [4.69, 9.17) is 0 Å². The summed E-state index contributed by atoms with van der Waals surface area (Å²) in [4.78, 5) is 0. The second-order valence-corrected chi connectivity index (χ2v) is 4.71. The predicted molar refractivity (Wildman–Crippen MR) is 67.1 cm³/mol. The Bertz CT molecular complexity index is 420. The Hall–Kier alpha value is -0.970. The number of nitrogens with one attached hydrogen (secondary N) is 1. The maximum absolute atomic E-state index is 12.6. The zero-order valence-electron chi connectivity index (χ0n) is 9.53. The van der Waals surface area contributed by atoms with Crippen LogP contribution in [0, 0.1) is 0 Å². The zero-order valence-corrected chi connectivity index (χ0v) is 11.1. The van der Waals surface area contributed by atoms with Crippen molar-refractivity contribution in [1.82, 2.24) is 0 Å². The van der Waals surface area contributed by atoms with Gasteiger partial charge in [-0.05, 0) is 32.0 Å². The Balaban J connectivity index is 2.86. The van der Waals surface area contributed by atoms with E-state index in [1.165, 1.54) is 6.07 Å². The molecule has 0 spiro atoms. The number of rotatable bonds is 3. The third kappa shape index (κ3) is 4.42. The summed E-state index contributed by atoms with van der Waals surface area (Å²) in [5.41, 5.74) is 0.906. The van der Waals surface area contributed by atoms with Gasteiger partial charge in [0.2, 0.25) is 0 Å². The van der Waals surface area contributed by atoms with Crippen LogP contribution >= 0.6 is 15.9 Å². The summed E-state index contributed by atoms with van der Waals surface area (Å²) in [6.07, 6.45) is -2.43. The summed E-state index contributed by atoms with van der Waals surface area (Å²) in [6.45, 7) is 4.38. The molecule has 0 atom stereocenters. The zero-order chi connectivity index (χ0) is 13.1. The minimum atomic E-state index is -4.34. The standard InChI is InChI=1S/C12H13BrF3N/c1-8(2)5-6-17-9-3-4-11(13)10(7-9)12(14,15)16/h3-5,7,17H,6H2,1-2H3. The van der Waals surface area contributed by atoms with Crippen molar-refractivity contribution in [2.24, 2.45) is 0 Å². The van der Waals surface area contributed by atoms with Crippen molar-refractivity contribution in [3.05, 3.63) is 39.9 Å². The molecule has 0 bridgehead atoms. The molecule has 0 aliphatic rings. The number of hydrogen-bond donors (Lipinski definition) is 1. The molecule has 0 aliphatic heterocycles. The maximum Gasteiger partial charge on any atom is 0.417 e. The molecule has 1 aromatic rings. The lowest BCUT2D eigenvalue weighted by molar-refractivity contribution is -0.138. The fourth-order valence-electron chi connectivity index (χ4n) is 1.23. The molecule has 0 amide bonds. The highest BCUT2D eigenvalue weighted by Crippen LogP contribution is 2.36. The van der Waals surface area contributed by atoms with Gasteiger partial charge in [-0.2, -0.15) is 13.2 Å². The van der Waals surface area contributed by atoms with Gasteiger partial charge in [0.15, 0.2) is 0 Å². The van der Waals surface area contributed by atoms with Crippen LogP contribution in [0.1, 0.15) is 19.4 Å². The molecule has 5 heteroatoms. The van der Waals surface area contributed by atoms with Gasteiger partial charge in [0.25, 0.3) is 0 Å². The summed E-state index contributed by atoms with van der Waals surface area (Å²) >= 11 is 2.90. The second-order valence-electron chi connectivity index (χ2n) is 3.85. The highest BCUT2D eigenvalue weighted by molar-refractivity contribution is 9.10. The van der Waals surface area contributed by atoms with Gasteiger partial charge in [-0.25, -0.2) is 0 Å². The molecule has 0 aliphatic carbocycles. The molecule has 17 heavy (non-hydrogen) atoms. The first-order chi connectivity index (χ1) is 7.80. The van der Waals surface area contributed by atoms with Gasteiger partial charge in [-0.15, -0.1) is 0 Å². The number of alkyl halides is 3. The van der Waals surface area contributed by atoms with Crippen LogP contribution in [0.3, 0.4) is 0 Å². The third-order valence-electron chi connectivity index (χ3n) is 2.09. The van der Waals surface area contributed by atoms with Crippen LogP contribution in [-0.4, -0.2) is 6.54 Å². The topological polar surface area (TPSA) is 12.0 Å². The third-order valence-corrected chi connectivity index (χ3v) is 2.78. The van der Waals surface area contributed by atoms with Gasteiger partial charge in [-0.1, -0.05) is 27.6 Å². The quantitative estimate of drug-likeness (QED) is 0.787. The SMILES string of the molecule is CC(C)=CCNc1ccc(Br)c(C(F)(F)F)c1. The molecule has 0 unspecified atom stereocenters. The predicted octanol–water partition coefficient (Wildman–Crippen LogP) is 4.85. The molecule has 0 aromatic heterocycles. The fourth-order valence-corrected chi connectivity index (χ4v) is 1.70. The van der Waals surface area contributed by atoms with E-state index in [1.807, 2.05) is 19.9 Å². The molecule has 94 valence electrons. The van der Waals surface area contributed by atoms with E-state index in [2.05, 4.69) is 21.2 Å². The van der Waals surface area contributed by atoms with Crippen LogP contribution in [0.2, 0.25) is 0 Å². The lowest BCUT2D eigenvalue weighted by Gasteiger charge is -2.11. The highest BCUT2D eigenvalue weighted by Gasteiger charge is 2.33. The monoisotopic (exact) mass is 307 g/mol. The molecule has 0 fully saturated rings. The van der Waals surface area contributed by atoms with Crippen LogP contribution in [-0.2, 0) is 6.18 Å². The number of anilines is 1. The Labute approximate surface area is 107 Å². The molecule has 1 aromatic carbocycles. The fraction of sp³-hybridized carbons (Fsp3) is 0.333. The van der Waals surface area contributed by atoms with Gasteiger partial charge >= 0.3 is 6.18 Å². The Morgan fingerprint density at radius 1 is 1.35 bits per heavy atom. The van der Waals surface area contributed by atoms with Crippen LogP contribution < -0.4 is 5.32 Å². The molecule has 0 saturated carbocycles. The van der Waals surface area contributed by atoms with Crippen molar-refractivity contribution in [2.75, 3.05) is 11.9 Å². The van der Waals surface area contributed by atoms with Crippen molar-refractivity contribution in [3.63, 3.8) is 0 Å². The van der Waals surface area contributed by atoms with Crippen LogP contribution in [0.4, 0.5) is 18.9 Å². The molecular formula is C12H13BrF3N. The summed E-state index contributed by atoms with van der Waals surface area (Å²) in [5.74, 6) is 0. The largest absolute Gasteiger partial charge is 0.417 e. The normalized spacial score (nSPS) is 11.2. The Morgan fingerprint density at radius 3 is 2.53 bits per heavy atom. The minimum absolute atomic E-state index is 0.0535. The molecule has 1 rings (SSSR count). The van der Waals surface area contributed by atoms with Crippen molar-refractivity contribution in [3.8, 4) is 0 Å². The smallest absolute Gasteiger partial charge is 0.382 e. The van der Waals surface area contributed by atoms with Crippen molar-refractivity contribution in [1.29, 1.82) is 0 Å². The highest BCUT2D eigenvalue weighted by atomic mass is 79.9. The number of halogens is 4. The van der Waals surface area contributed by atoms with E-state index in [1.54, 1.807) is 6.07 Å².